The van der Waals surface area contributed by atoms with Crippen molar-refractivity contribution in [1.29, 1.82) is 0 Å². The number of nitrogens with one attached hydrogen (secondary N) is 1. The molecule has 6 heteroatoms. The first-order valence-electron chi connectivity index (χ1n) is 8.26. The second-order valence-corrected chi connectivity index (χ2v) is 7.41. The van der Waals surface area contributed by atoms with Crippen LogP contribution >= 0.6 is 0 Å². The number of hydrogen-bond acceptors (Lipinski definition) is 5. The highest BCUT2D eigenvalue weighted by molar-refractivity contribution is 6.02. The molecule has 1 aromatic carbocycles. The summed E-state index contributed by atoms with van der Waals surface area (Å²) in [4.78, 5) is 25.0. The van der Waals surface area contributed by atoms with Crippen LogP contribution in [-0.2, 0) is 9.59 Å². The van der Waals surface area contributed by atoms with Crippen LogP contribution in [0.3, 0.4) is 0 Å². The Kier molecular flexibility index (Phi) is 4.22. The molecule has 1 aliphatic carbocycles. The highest BCUT2D eigenvalue weighted by atomic mass is 16.5. The predicted octanol–water partition coefficient (Wildman–Crippen LogP) is 2.66. The number of hydrogen-bond donors (Lipinski definition) is 2. The zero-order valence-electron chi connectivity index (χ0n) is 14.9. The Hall–Kier alpha value is -2.50. The third kappa shape index (κ3) is 3.08. The molecule has 0 spiro atoms. The number of ketones is 1. The van der Waals surface area contributed by atoms with Crippen molar-refractivity contribution in [2.24, 2.45) is 5.41 Å². The molecule has 25 heavy (non-hydrogen) atoms. The maximum Gasteiger partial charge on any atom is 0.225 e. The van der Waals surface area contributed by atoms with E-state index in [1.54, 1.807) is 12.1 Å². The summed E-state index contributed by atoms with van der Waals surface area (Å²) in [7, 11) is 2.90. The lowest BCUT2D eigenvalue weighted by Crippen LogP contribution is -2.40. The zero-order valence-corrected chi connectivity index (χ0v) is 14.9. The molecule has 6 nitrogen and oxygen atoms in total. The van der Waals surface area contributed by atoms with Crippen LogP contribution in [0.4, 0.5) is 0 Å². The Balaban J connectivity index is 2.13. The molecule has 2 N–H and O–H groups in total. The van der Waals surface area contributed by atoms with Gasteiger partial charge in [0.25, 0.3) is 0 Å². The molecule has 0 saturated heterocycles. The fourth-order valence-electron chi connectivity index (χ4n) is 3.76. The van der Waals surface area contributed by atoms with Crippen molar-refractivity contribution in [3.8, 4) is 17.2 Å². The summed E-state index contributed by atoms with van der Waals surface area (Å²) >= 11 is 0. The van der Waals surface area contributed by atoms with Gasteiger partial charge < -0.3 is 19.9 Å². The fourth-order valence-corrected chi connectivity index (χ4v) is 3.76. The second kappa shape index (κ2) is 6.10. The summed E-state index contributed by atoms with van der Waals surface area (Å²) in [5.74, 6) is -0.00488. The highest BCUT2D eigenvalue weighted by Gasteiger charge is 2.40. The Labute approximate surface area is 146 Å². The van der Waals surface area contributed by atoms with E-state index in [4.69, 9.17) is 9.47 Å². The Morgan fingerprint density at radius 1 is 1.12 bits per heavy atom. The highest BCUT2D eigenvalue weighted by Crippen LogP contribution is 2.46. The Bertz CT molecular complexity index is 753. The van der Waals surface area contributed by atoms with Crippen molar-refractivity contribution >= 4 is 11.7 Å². The third-order valence-electron chi connectivity index (χ3n) is 4.85. The topological polar surface area (TPSA) is 84.9 Å². The smallest absolute Gasteiger partial charge is 0.225 e. The molecule has 0 saturated carbocycles. The van der Waals surface area contributed by atoms with Crippen LogP contribution in [0.25, 0.3) is 0 Å². The maximum atomic E-state index is 12.8. The molecular weight excluding hydrogens is 322 g/mol. The monoisotopic (exact) mass is 345 g/mol. The molecule has 0 fully saturated rings. The van der Waals surface area contributed by atoms with Crippen LogP contribution in [0.2, 0.25) is 0 Å². The van der Waals surface area contributed by atoms with Gasteiger partial charge in [-0.3, -0.25) is 9.59 Å². The normalized spacial score (nSPS) is 22.3. The molecule has 1 amide bonds. The number of ether oxygens (including phenoxy) is 2. The Morgan fingerprint density at radius 3 is 2.28 bits per heavy atom. The van der Waals surface area contributed by atoms with Gasteiger partial charge in [0.15, 0.2) is 17.3 Å². The number of Topliss-reactive ketones (excluding diaryl/α,β-unsaturated/α-hetero) is 1. The van der Waals surface area contributed by atoms with E-state index < -0.39 is 0 Å². The summed E-state index contributed by atoms with van der Waals surface area (Å²) in [6.07, 6.45) is 1.29. The van der Waals surface area contributed by atoms with Crippen LogP contribution in [0.5, 0.6) is 17.2 Å². The lowest BCUT2D eigenvalue weighted by Gasteiger charge is -2.38. The first kappa shape index (κ1) is 17.3. The molecule has 1 heterocycles. The quantitative estimate of drug-likeness (QED) is 0.880. The van der Waals surface area contributed by atoms with Gasteiger partial charge in [0.05, 0.1) is 14.2 Å². The van der Waals surface area contributed by atoms with E-state index >= 15 is 0 Å². The van der Waals surface area contributed by atoms with Crippen LogP contribution < -0.4 is 14.8 Å². The first-order valence-corrected chi connectivity index (χ1v) is 8.26. The number of aromatic hydroxyl groups is 1. The van der Waals surface area contributed by atoms with E-state index in [0.29, 0.717) is 24.1 Å². The number of amides is 1. The third-order valence-corrected chi connectivity index (χ3v) is 4.85. The number of carbonyl (C=O) groups is 2. The summed E-state index contributed by atoms with van der Waals surface area (Å²) in [6.45, 7) is 4.05. The molecule has 3 rings (SSSR count). The molecule has 1 atom stereocenters. The minimum atomic E-state index is -0.365. The predicted molar refractivity (Wildman–Crippen MR) is 91.8 cm³/mol. The van der Waals surface area contributed by atoms with Gasteiger partial charge in [-0.2, -0.15) is 0 Å². The number of rotatable bonds is 3. The number of phenols is 1. The van der Waals surface area contributed by atoms with Gasteiger partial charge in [-0.15, -0.1) is 0 Å². The molecular formula is C19H23NO5. The lowest BCUT2D eigenvalue weighted by molar-refractivity contribution is -0.122. The first-order chi connectivity index (χ1) is 11.8. The van der Waals surface area contributed by atoms with Gasteiger partial charge in [0.2, 0.25) is 11.7 Å². The van der Waals surface area contributed by atoms with E-state index in [0.717, 1.165) is 5.56 Å². The van der Waals surface area contributed by atoms with Crippen molar-refractivity contribution in [3.05, 3.63) is 29.0 Å². The molecule has 0 aromatic heterocycles. The van der Waals surface area contributed by atoms with E-state index in [1.807, 2.05) is 13.8 Å². The van der Waals surface area contributed by atoms with Gasteiger partial charge in [0.1, 0.15) is 0 Å². The van der Waals surface area contributed by atoms with E-state index in [2.05, 4.69) is 5.32 Å². The van der Waals surface area contributed by atoms with Crippen LogP contribution in [-0.4, -0.2) is 31.0 Å². The van der Waals surface area contributed by atoms with Crippen molar-refractivity contribution in [3.63, 3.8) is 0 Å². The van der Waals surface area contributed by atoms with Crippen molar-refractivity contribution < 1.29 is 24.2 Å². The van der Waals surface area contributed by atoms with E-state index in [1.165, 1.54) is 14.2 Å². The number of phenolic OH excluding ortho intramolecular Hbond substituents is 1. The number of methoxy groups -OCH3 is 2. The largest absolute Gasteiger partial charge is 0.502 e. The standard InChI is InChI=1S/C19H23NO5/c1-19(2)8-12-17(13(21)9-19)11(7-16(22)20-12)10-5-14(24-3)18(23)15(6-10)25-4/h5-6,11,23H,7-9H2,1-4H3,(H,20,22)/t11-/m1/s1. The molecule has 0 bridgehead atoms. The summed E-state index contributed by atoms with van der Waals surface area (Å²) in [5, 5.41) is 13.0. The SMILES string of the molecule is COc1cc([C@H]2CC(=O)NC3=C2C(=O)CC(C)(C)C3)cc(OC)c1O. The molecule has 2 aliphatic rings. The van der Waals surface area contributed by atoms with E-state index in [-0.39, 0.29) is 46.7 Å². The van der Waals surface area contributed by atoms with Crippen molar-refractivity contribution in [1.82, 2.24) is 5.32 Å². The number of allylic oxidation sites excluding steroid dienone is 2. The van der Waals surface area contributed by atoms with Gasteiger partial charge in [-0.05, 0) is 29.5 Å². The minimum absolute atomic E-state index is 0.0576. The zero-order chi connectivity index (χ0) is 18.4. The fraction of sp³-hybridized carbons (Fsp3) is 0.474. The molecule has 134 valence electrons. The van der Waals surface area contributed by atoms with Gasteiger partial charge in [0, 0.05) is 30.0 Å². The molecule has 0 unspecified atom stereocenters. The summed E-state index contributed by atoms with van der Waals surface area (Å²) < 4.78 is 10.4. The van der Waals surface area contributed by atoms with Crippen molar-refractivity contribution in [2.75, 3.05) is 14.2 Å². The lowest BCUT2D eigenvalue weighted by atomic mass is 9.70. The van der Waals surface area contributed by atoms with Gasteiger partial charge in [-0.25, -0.2) is 0 Å². The van der Waals surface area contributed by atoms with Crippen LogP contribution in [0.1, 0.15) is 44.6 Å². The van der Waals surface area contributed by atoms with Gasteiger partial charge >= 0.3 is 0 Å². The summed E-state index contributed by atoms with van der Waals surface area (Å²) in [5.41, 5.74) is 1.93. The second-order valence-electron chi connectivity index (χ2n) is 7.41. The average Bonchev–Trinajstić information content (AvgIpc) is 2.52. The average molecular weight is 345 g/mol. The van der Waals surface area contributed by atoms with Gasteiger partial charge in [-0.1, -0.05) is 13.8 Å². The van der Waals surface area contributed by atoms with Crippen LogP contribution in [0, 0.1) is 5.41 Å². The summed E-state index contributed by atoms with van der Waals surface area (Å²) in [6, 6.07) is 3.33. The number of carbonyl (C=O) groups excluding carboxylic acids is 2. The minimum Gasteiger partial charge on any atom is -0.502 e. The number of benzene rings is 1. The Morgan fingerprint density at radius 2 is 1.72 bits per heavy atom. The van der Waals surface area contributed by atoms with Crippen LogP contribution in [0.15, 0.2) is 23.4 Å². The maximum absolute atomic E-state index is 12.8. The molecule has 1 aliphatic heterocycles. The van der Waals surface area contributed by atoms with Crippen molar-refractivity contribution in [2.45, 2.75) is 39.0 Å². The van der Waals surface area contributed by atoms with E-state index in [9.17, 15) is 14.7 Å². The molecule has 0 radical (unpaired) electrons. The molecule has 1 aromatic rings.